The van der Waals surface area contributed by atoms with E-state index in [9.17, 15) is 19.2 Å². The normalized spacial score (nSPS) is 17.4. The monoisotopic (exact) mass is 524 g/mol. The van der Waals surface area contributed by atoms with E-state index in [1.54, 1.807) is 48.5 Å². The molecule has 2 saturated heterocycles. The molecule has 2 aromatic rings. The maximum absolute atomic E-state index is 12.3. The van der Waals surface area contributed by atoms with E-state index in [4.69, 9.17) is 19.1 Å². The van der Waals surface area contributed by atoms with Gasteiger partial charge in [-0.15, -0.1) is 10.1 Å². The standard InChI is InChI=1S/C28H32N2O8/c1-19(31)21-3-7-23(8-4-21)35-25-11-15-29(16-12-25)37-27(33)28(34)38-30-17-13-26(14-18-30)36-24-9-5-22(6-10-24)20(2)32/h3-10,25-26H,11-18H2,1-2H3. The molecule has 0 radical (unpaired) electrons. The van der Waals surface area contributed by atoms with Gasteiger partial charge in [0, 0.05) is 63.0 Å². The molecule has 0 saturated carbocycles. The van der Waals surface area contributed by atoms with Crippen LogP contribution in [0.1, 0.15) is 60.2 Å². The molecule has 2 aliphatic rings. The lowest BCUT2D eigenvalue weighted by Crippen LogP contribution is -2.43. The SMILES string of the molecule is CC(=O)c1ccc(OC2CCN(OC(=O)C(=O)ON3CCC(Oc4ccc(C(C)=O)cc4)CC3)CC2)cc1. The Balaban J connectivity index is 1.13. The number of piperidine rings is 2. The van der Waals surface area contributed by atoms with Crippen LogP contribution in [-0.2, 0) is 19.3 Å². The zero-order valence-electron chi connectivity index (χ0n) is 21.6. The fraction of sp³-hybridized carbons (Fsp3) is 0.429. The second-order valence-corrected chi connectivity index (χ2v) is 9.41. The quantitative estimate of drug-likeness (QED) is 0.376. The maximum Gasteiger partial charge on any atom is 0.438 e. The highest BCUT2D eigenvalue weighted by Crippen LogP contribution is 2.22. The number of carbonyl (C=O) groups excluding carboxylic acids is 4. The van der Waals surface area contributed by atoms with Gasteiger partial charge in [-0.3, -0.25) is 9.59 Å². The van der Waals surface area contributed by atoms with E-state index in [0.29, 0.717) is 74.5 Å². The lowest BCUT2D eigenvalue weighted by atomic mass is 10.1. The fourth-order valence-corrected chi connectivity index (χ4v) is 4.31. The Morgan fingerprint density at radius 1 is 0.579 bits per heavy atom. The van der Waals surface area contributed by atoms with Gasteiger partial charge in [-0.05, 0) is 62.4 Å². The van der Waals surface area contributed by atoms with Crippen molar-refractivity contribution in [3.8, 4) is 11.5 Å². The Labute approximate surface area is 221 Å². The Bertz CT molecular complexity index is 1040. The molecule has 2 heterocycles. The van der Waals surface area contributed by atoms with Crippen molar-refractivity contribution in [3.63, 3.8) is 0 Å². The van der Waals surface area contributed by atoms with Crippen LogP contribution < -0.4 is 9.47 Å². The van der Waals surface area contributed by atoms with E-state index in [0.717, 1.165) is 0 Å². The van der Waals surface area contributed by atoms with Gasteiger partial charge in [-0.1, -0.05) is 0 Å². The predicted molar refractivity (Wildman–Crippen MR) is 136 cm³/mol. The molecule has 0 aliphatic carbocycles. The Kier molecular flexibility index (Phi) is 9.09. The first kappa shape index (κ1) is 27.3. The average molecular weight is 525 g/mol. The summed E-state index contributed by atoms with van der Waals surface area (Å²) >= 11 is 0. The molecular weight excluding hydrogens is 492 g/mol. The number of carbonyl (C=O) groups is 4. The number of Topliss-reactive ketones (excluding diaryl/α,β-unsaturated/α-hetero) is 2. The van der Waals surface area contributed by atoms with Crippen LogP contribution in [-0.4, -0.2) is 72.0 Å². The Hall–Kier alpha value is -3.76. The summed E-state index contributed by atoms with van der Waals surface area (Å²) in [5.74, 6) is -0.778. The van der Waals surface area contributed by atoms with Crippen LogP contribution in [0.25, 0.3) is 0 Å². The van der Waals surface area contributed by atoms with Gasteiger partial charge in [0.15, 0.2) is 11.6 Å². The van der Waals surface area contributed by atoms with Crippen molar-refractivity contribution >= 4 is 23.5 Å². The van der Waals surface area contributed by atoms with Gasteiger partial charge < -0.3 is 19.1 Å². The van der Waals surface area contributed by atoms with Crippen LogP contribution in [0.4, 0.5) is 0 Å². The van der Waals surface area contributed by atoms with E-state index in [-0.39, 0.29) is 23.8 Å². The van der Waals surface area contributed by atoms with Gasteiger partial charge in [-0.2, -0.15) is 0 Å². The number of benzene rings is 2. The minimum Gasteiger partial charge on any atom is -0.490 e. The van der Waals surface area contributed by atoms with Crippen molar-refractivity contribution in [2.24, 2.45) is 0 Å². The van der Waals surface area contributed by atoms with Crippen LogP contribution >= 0.6 is 0 Å². The minimum absolute atomic E-state index is 0.00218. The second-order valence-electron chi connectivity index (χ2n) is 9.41. The third kappa shape index (κ3) is 7.62. The highest BCUT2D eigenvalue weighted by Gasteiger charge is 2.30. The van der Waals surface area contributed by atoms with Gasteiger partial charge in [-0.25, -0.2) is 9.59 Å². The molecule has 38 heavy (non-hydrogen) atoms. The molecule has 10 heteroatoms. The van der Waals surface area contributed by atoms with E-state index in [2.05, 4.69) is 0 Å². The van der Waals surface area contributed by atoms with Gasteiger partial charge in [0.2, 0.25) is 0 Å². The zero-order chi connectivity index (χ0) is 27.1. The lowest BCUT2D eigenvalue weighted by Gasteiger charge is -2.31. The molecule has 202 valence electrons. The summed E-state index contributed by atoms with van der Waals surface area (Å²) in [6.45, 7) is 4.72. The summed E-state index contributed by atoms with van der Waals surface area (Å²) < 4.78 is 11.9. The molecule has 0 amide bonds. The van der Waals surface area contributed by atoms with Crippen molar-refractivity contribution < 1.29 is 38.3 Å². The molecule has 0 bridgehead atoms. The molecule has 0 spiro atoms. The fourth-order valence-electron chi connectivity index (χ4n) is 4.31. The molecule has 4 rings (SSSR count). The van der Waals surface area contributed by atoms with Gasteiger partial charge >= 0.3 is 11.9 Å². The zero-order valence-corrected chi connectivity index (χ0v) is 21.6. The Morgan fingerprint density at radius 3 is 1.18 bits per heavy atom. The van der Waals surface area contributed by atoms with Crippen LogP contribution in [0.3, 0.4) is 0 Å². The molecule has 0 N–H and O–H groups in total. The molecule has 0 aromatic heterocycles. The first-order valence-corrected chi connectivity index (χ1v) is 12.8. The van der Waals surface area contributed by atoms with Crippen molar-refractivity contribution in [1.82, 2.24) is 10.1 Å². The summed E-state index contributed by atoms with van der Waals surface area (Å²) in [4.78, 5) is 57.7. The van der Waals surface area contributed by atoms with Crippen LogP contribution in [0, 0.1) is 0 Å². The van der Waals surface area contributed by atoms with E-state index < -0.39 is 11.9 Å². The van der Waals surface area contributed by atoms with Crippen LogP contribution in [0.5, 0.6) is 11.5 Å². The Morgan fingerprint density at radius 2 is 0.895 bits per heavy atom. The molecule has 2 aromatic carbocycles. The van der Waals surface area contributed by atoms with E-state index in [1.807, 2.05) is 0 Å². The second kappa shape index (κ2) is 12.7. The maximum atomic E-state index is 12.3. The number of rotatable bonds is 8. The predicted octanol–water partition coefficient (Wildman–Crippen LogP) is 3.39. The van der Waals surface area contributed by atoms with E-state index in [1.165, 1.54) is 24.0 Å². The highest BCUT2D eigenvalue weighted by atomic mass is 16.8. The van der Waals surface area contributed by atoms with E-state index >= 15 is 0 Å². The van der Waals surface area contributed by atoms with Crippen LogP contribution in [0.15, 0.2) is 48.5 Å². The molecule has 10 nitrogen and oxygen atoms in total. The van der Waals surface area contributed by atoms with Crippen molar-refractivity contribution in [2.45, 2.75) is 51.7 Å². The summed E-state index contributed by atoms with van der Waals surface area (Å²) in [6, 6.07) is 14.0. The minimum atomic E-state index is -1.06. The van der Waals surface area contributed by atoms with Gasteiger partial charge in [0.1, 0.15) is 23.7 Å². The summed E-state index contributed by atoms with van der Waals surface area (Å²) in [5, 5.41) is 2.89. The third-order valence-corrected chi connectivity index (χ3v) is 6.52. The average Bonchev–Trinajstić information content (AvgIpc) is 2.91. The van der Waals surface area contributed by atoms with Crippen molar-refractivity contribution in [2.75, 3.05) is 26.2 Å². The highest BCUT2D eigenvalue weighted by molar-refractivity contribution is 6.29. The summed E-state index contributed by atoms with van der Waals surface area (Å²) in [7, 11) is 0. The molecule has 2 fully saturated rings. The van der Waals surface area contributed by atoms with Crippen molar-refractivity contribution in [3.05, 3.63) is 59.7 Å². The molecule has 2 aliphatic heterocycles. The molecule has 0 unspecified atom stereocenters. The largest absolute Gasteiger partial charge is 0.490 e. The number of hydroxylamine groups is 4. The first-order chi connectivity index (χ1) is 18.3. The summed E-state index contributed by atoms with van der Waals surface area (Å²) in [5.41, 5.74) is 1.25. The van der Waals surface area contributed by atoms with Crippen molar-refractivity contribution in [1.29, 1.82) is 0 Å². The smallest absolute Gasteiger partial charge is 0.438 e. The summed E-state index contributed by atoms with van der Waals surface area (Å²) in [6.07, 6.45) is 2.33. The van der Waals surface area contributed by atoms with Gasteiger partial charge in [0.25, 0.3) is 0 Å². The third-order valence-electron chi connectivity index (χ3n) is 6.52. The van der Waals surface area contributed by atoms with Gasteiger partial charge in [0.05, 0.1) is 0 Å². The number of hydrogen-bond donors (Lipinski definition) is 0. The topological polar surface area (TPSA) is 112 Å². The number of nitrogens with zero attached hydrogens (tertiary/aromatic N) is 2. The lowest BCUT2D eigenvalue weighted by molar-refractivity contribution is -0.224. The first-order valence-electron chi connectivity index (χ1n) is 12.8. The number of ketones is 2. The number of ether oxygens (including phenoxy) is 2. The molecule has 0 atom stereocenters. The number of hydrogen-bond acceptors (Lipinski definition) is 10. The van der Waals surface area contributed by atoms with Crippen LogP contribution in [0.2, 0.25) is 0 Å². The molecular formula is C28H32N2O8.